The summed E-state index contributed by atoms with van der Waals surface area (Å²) in [7, 11) is 2.03. The summed E-state index contributed by atoms with van der Waals surface area (Å²) in [6, 6.07) is 0.788. The van der Waals surface area contributed by atoms with E-state index in [1.54, 1.807) is 0 Å². The second kappa shape index (κ2) is 6.41. The number of likely N-dealkylation sites (tertiary alicyclic amines) is 1. The van der Waals surface area contributed by atoms with Crippen LogP contribution in [0.15, 0.2) is 0 Å². The van der Waals surface area contributed by atoms with E-state index in [9.17, 15) is 0 Å². The van der Waals surface area contributed by atoms with Gasteiger partial charge in [-0.2, -0.15) is 0 Å². The molecule has 2 heteroatoms. The molecule has 14 heavy (non-hydrogen) atoms. The second-order valence-corrected chi connectivity index (χ2v) is 4.81. The Morgan fingerprint density at radius 1 is 1.36 bits per heavy atom. The Morgan fingerprint density at radius 2 is 2.00 bits per heavy atom. The smallest absolute Gasteiger partial charge is 0.00674 e. The molecule has 1 unspecified atom stereocenters. The lowest BCUT2D eigenvalue weighted by atomic mass is 9.97. The van der Waals surface area contributed by atoms with E-state index in [1.165, 1.54) is 38.8 Å². The van der Waals surface area contributed by atoms with Gasteiger partial charge in [0.15, 0.2) is 0 Å². The van der Waals surface area contributed by atoms with E-state index in [0.29, 0.717) is 0 Å². The maximum atomic E-state index is 3.21. The molecule has 0 aliphatic carbocycles. The van der Waals surface area contributed by atoms with Gasteiger partial charge in [-0.25, -0.2) is 0 Å². The topological polar surface area (TPSA) is 15.3 Å². The minimum Gasteiger partial charge on any atom is -0.320 e. The SMILES string of the molecule is CNCCCC(C)N1CCC(C)CC1. The van der Waals surface area contributed by atoms with Gasteiger partial charge in [-0.15, -0.1) is 0 Å². The van der Waals surface area contributed by atoms with E-state index in [0.717, 1.165) is 18.5 Å². The zero-order valence-corrected chi connectivity index (χ0v) is 10.1. The maximum absolute atomic E-state index is 3.21. The van der Waals surface area contributed by atoms with Crippen molar-refractivity contribution in [1.82, 2.24) is 10.2 Å². The van der Waals surface area contributed by atoms with Gasteiger partial charge in [-0.1, -0.05) is 6.92 Å². The lowest BCUT2D eigenvalue weighted by Crippen LogP contribution is -2.39. The molecule has 1 saturated heterocycles. The number of hydrogen-bond acceptors (Lipinski definition) is 2. The fourth-order valence-corrected chi connectivity index (χ4v) is 2.23. The molecule has 1 rings (SSSR count). The summed E-state index contributed by atoms with van der Waals surface area (Å²) in [4.78, 5) is 2.66. The van der Waals surface area contributed by atoms with Crippen molar-refractivity contribution in [2.75, 3.05) is 26.7 Å². The minimum absolute atomic E-state index is 0.788. The Morgan fingerprint density at radius 3 is 2.57 bits per heavy atom. The van der Waals surface area contributed by atoms with Crippen LogP contribution in [-0.2, 0) is 0 Å². The first-order chi connectivity index (χ1) is 6.74. The molecule has 1 aliphatic heterocycles. The van der Waals surface area contributed by atoms with Crippen molar-refractivity contribution in [2.24, 2.45) is 5.92 Å². The van der Waals surface area contributed by atoms with Gasteiger partial charge < -0.3 is 10.2 Å². The lowest BCUT2D eigenvalue weighted by Gasteiger charge is -2.35. The van der Waals surface area contributed by atoms with Crippen molar-refractivity contribution in [3.63, 3.8) is 0 Å². The van der Waals surface area contributed by atoms with Gasteiger partial charge in [-0.3, -0.25) is 0 Å². The largest absolute Gasteiger partial charge is 0.320 e. The fourth-order valence-electron chi connectivity index (χ4n) is 2.23. The van der Waals surface area contributed by atoms with Gasteiger partial charge in [0.2, 0.25) is 0 Å². The monoisotopic (exact) mass is 198 g/mol. The van der Waals surface area contributed by atoms with Crippen LogP contribution in [0, 0.1) is 5.92 Å². The molecule has 0 aromatic rings. The molecule has 1 aliphatic rings. The molecule has 1 N–H and O–H groups in total. The molecular formula is C12H26N2. The van der Waals surface area contributed by atoms with Crippen molar-refractivity contribution in [3.8, 4) is 0 Å². The predicted molar refractivity (Wildman–Crippen MR) is 62.6 cm³/mol. The Balaban J connectivity index is 2.13. The highest BCUT2D eigenvalue weighted by Gasteiger charge is 2.19. The predicted octanol–water partition coefficient (Wildman–Crippen LogP) is 2.11. The van der Waals surface area contributed by atoms with Crippen LogP contribution in [0.5, 0.6) is 0 Å². The highest BCUT2D eigenvalue weighted by atomic mass is 15.2. The first kappa shape index (κ1) is 12.0. The molecule has 0 saturated carbocycles. The summed E-state index contributed by atoms with van der Waals surface area (Å²) in [6.07, 6.45) is 5.45. The number of piperidine rings is 1. The first-order valence-electron chi connectivity index (χ1n) is 6.12. The molecule has 0 aromatic carbocycles. The van der Waals surface area contributed by atoms with Crippen molar-refractivity contribution in [3.05, 3.63) is 0 Å². The van der Waals surface area contributed by atoms with Gasteiger partial charge in [0.25, 0.3) is 0 Å². The molecule has 84 valence electrons. The van der Waals surface area contributed by atoms with Crippen molar-refractivity contribution in [2.45, 2.75) is 45.6 Å². The van der Waals surface area contributed by atoms with Crippen LogP contribution in [0.3, 0.4) is 0 Å². The normalized spacial score (nSPS) is 22.5. The van der Waals surface area contributed by atoms with E-state index in [2.05, 4.69) is 24.1 Å². The Hall–Kier alpha value is -0.0800. The van der Waals surface area contributed by atoms with Gasteiger partial charge >= 0.3 is 0 Å². The molecule has 1 fully saturated rings. The Bertz CT molecular complexity index is 139. The summed E-state index contributed by atoms with van der Waals surface area (Å²) in [5, 5.41) is 3.21. The highest BCUT2D eigenvalue weighted by Crippen LogP contribution is 2.19. The van der Waals surface area contributed by atoms with Crippen LogP contribution < -0.4 is 5.32 Å². The number of hydrogen-bond donors (Lipinski definition) is 1. The molecular weight excluding hydrogens is 172 g/mol. The Kier molecular flexibility index (Phi) is 5.49. The van der Waals surface area contributed by atoms with Crippen molar-refractivity contribution < 1.29 is 0 Å². The lowest BCUT2D eigenvalue weighted by molar-refractivity contribution is 0.139. The average Bonchev–Trinajstić information content (AvgIpc) is 2.19. The minimum atomic E-state index is 0.788. The summed E-state index contributed by atoms with van der Waals surface area (Å²) < 4.78 is 0. The quantitative estimate of drug-likeness (QED) is 0.681. The van der Waals surface area contributed by atoms with Crippen LogP contribution >= 0.6 is 0 Å². The molecule has 0 aromatic heterocycles. The maximum Gasteiger partial charge on any atom is 0.00674 e. The molecule has 0 spiro atoms. The zero-order chi connectivity index (χ0) is 10.4. The molecule has 0 bridgehead atoms. The van der Waals surface area contributed by atoms with Crippen LogP contribution in [0.4, 0.5) is 0 Å². The number of rotatable bonds is 5. The van der Waals surface area contributed by atoms with Gasteiger partial charge in [0.1, 0.15) is 0 Å². The zero-order valence-electron chi connectivity index (χ0n) is 10.1. The van der Waals surface area contributed by atoms with Gasteiger partial charge in [-0.05, 0) is 65.2 Å². The fraction of sp³-hybridized carbons (Fsp3) is 1.00. The standard InChI is InChI=1S/C12H26N2/c1-11-6-9-14(10-7-11)12(2)5-4-8-13-3/h11-13H,4-10H2,1-3H3. The summed E-state index contributed by atoms with van der Waals surface area (Å²) in [6.45, 7) is 8.56. The van der Waals surface area contributed by atoms with Crippen LogP contribution in [0.2, 0.25) is 0 Å². The van der Waals surface area contributed by atoms with Crippen LogP contribution in [-0.4, -0.2) is 37.6 Å². The van der Waals surface area contributed by atoms with E-state index < -0.39 is 0 Å². The molecule has 0 amide bonds. The van der Waals surface area contributed by atoms with E-state index in [1.807, 2.05) is 7.05 Å². The average molecular weight is 198 g/mol. The van der Waals surface area contributed by atoms with Gasteiger partial charge in [0.05, 0.1) is 0 Å². The molecule has 0 radical (unpaired) electrons. The Labute approximate surface area is 89.1 Å². The van der Waals surface area contributed by atoms with E-state index in [-0.39, 0.29) is 0 Å². The molecule has 2 nitrogen and oxygen atoms in total. The molecule has 1 atom stereocenters. The van der Waals surface area contributed by atoms with E-state index >= 15 is 0 Å². The van der Waals surface area contributed by atoms with Gasteiger partial charge in [0, 0.05) is 6.04 Å². The third-order valence-electron chi connectivity index (χ3n) is 3.49. The van der Waals surface area contributed by atoms with Crippen LogP contribution in [0.1, 0.15) is 39.5 Å². The third kappa shape index (κ3) is 3.97. The van der Waals surface area contributed by atoms with Crippen LogP contribution in [0.25, 0.3) is 0 Å². The number of nitrogens with one attached hydrogen (secondary N) is 1. The van der Waals surface area contributed by atoms with Crippen molar-refractivity contribution >= 4 is 0 Å². The summed E-state index contributed by atoms with van der Waals surface area (Å²) in [5.74, 6) is 0.954. The summed E-state index contributed by atoms with van der Waals surface area (Å²) in [5.41, 5.74) is 0. The third-order valence-corrected chi connectivity index (χ3v) is 3.49. The second-order valence-electron chi connectivity index (χ2n) is 4.81. The first-order valence-corrected chi connectivity index (χ1v) is 6.12. The molecule has 1 heterocycles. The van der Waals surface area contributed by atoms with E-state index in [4.69, 9.17) is 0 Å². The summed E-state index contributed by atoms with van der Waals surface area (Å²) >= 11 is 0. The highest BCUT2D eigenvalue weighted by molar-refractivity contribution is 4.74. The number of nitrogens with zero attached hydrogens (tertiary/aromatic N) is 1. The van der Waals surface area contributed by atoms with Crippen molar-refractivity contribution in [1.29, 1.82) is 0 Å².